The molecule has 2 heterocycles. The molecule has 3 rings (SSSR count). The van der Waals surface area contributed by atoms with Gasteiger partial charge in [0.15, 0.2) is 6.61 Å². The van der Waals surface area contributed by atoms with Crippen molar-refractivity contribution in [2.75, 3.05) is 0 Å². The van der Waals surface area contributed by atoms with Gasteiger partial charge < -0.3 is 15.3 Å². The van der Waals surface area contributed by atoms with E-state index in [1.165, 1.54) is 11.8 Å². The number of nitrogens with one attached hydrogen (secondary N) is 1. The fourth-order valence-electron chi connectivity index (χ4n) is 1.91. The Balaban J connectivity index is 1.74. The van der Waals surface area contributed by atoms with Crippen molar-refractivity contribution in [1.29, 1.82) is 0 Å². The highest BCUT2D eigenvalue weighted by Gasteiger charge is 2.22. The number of aromatic nitrogens is 2. The Hall–Kier alpha value is -2.39. The van der Waals surface area contributed by atoms with E-state index in [0.29, 0.717) is 31.3 Å². The number of aryl methyl sites for hydroxylation is 1. The van der Waals surface area contributed by atoms with Crippen LogP contribution in [0.15, 0.2) is 33.8 Å². The highest BCUT2D eigenvalue weighted by Crippen LogP contribution is 2.27. The summed E-state index contributed by atoms with van der Waals surface area (Å²) in [5.41, 5.74) is 1.58. The van der Waals surface area contributed by atoms with Crippen LogP contribution in [0.3, 0.4) is 0 Å². The SMILES string of the molecule is Cc1no[n+]([O-])c1COc1cccc(/C=C2/SC(=S)NC2=O)c1. The second-order valence-electron chi connectivity index (χ2n) is 4.68. The molecular formula is C14H11N3O4S2. The Kier molecular flexibility index (Phi) is 4.30. The molecule has 0 atom stereocenters. The van der Waals surface area contributed by atoms with Crippen molar-refractivity contribution >= 4 is 40.3 Å². The molecule has 1 aliphatic rings. The third-order valence-electron chi connectivity index (χ3n) is 3.06. The van der Waals surface area contributed by atoms with Crippen LogP contribution in [0, 0.1) is 12.1 Å². The molecule has 1 saturated heterocycles. The fraction of sp³-hybridized carbons (Fsp3) is 0.143. The van der Waals surface area contributed by atoms with Crippen LogP contribution in [0.5, 0.6) is 5.75 Å². The van der Waals surface area contributed by atoms with Crippen LogP contribution >= 0.6 is 24.0 Å². The van der Waals surface area contributed by atoms with Gasteiger partial charge in [-0.15, -0.1) is 0 Å². The Morgan fingerprint density at radius 1 is 1.57 bits per heavy atom. The minimum atomic E-state index is -0.209. The predicted molar refractivity (Wildman–Crippen MR) is 87.3 cm³/mol. The molecule has 1 aromatic heterocycles. The molecule has 0 aliphatic carbocycles. The number of amides is 1. The lowest BCUT2D eigenvalue weighted by Gasteiger charge is -2.05. The number of thiocarbonyl (C=S) groups is 1. The van der Waals surface area contributed by atoms with E-state index in [0.717, 1.165) is 5.56 Å². The number of hydrogen-bond donors (Lipinski definition) is 1. The zero-order valence-electron chi connectivity index (χ0n) is 11.9. The first-order chi connectivity index (χ1) is 11.0. The lowest BCUT2D eigenvalue weighted by Crippen LogP contribution is -2.29. The molecule has 1 N–H and O–H groups in total. The first-order valence-corrected chi connectivity index (χ1v) is 7.78. The number of hydrogen-bond acceptors (Lipinski definition) is 7. The van der Waals surface area contributed by atoms with Gasteiger partial charge in [-0.05, 0) is 28.7 Å². The Morgan fingerprint density at radius 3 is 3.04 bits per heavy atom. The first-order valence-electron chi connectivity index (χ1n) is 6.56. The Labute approximate surface area is 140 Å². The number of carbonyl (C=O) groups is 1. The summed E-state index contributed by atoms with van der Waals surface area (Å²) in [4.78, 5) is 12.5. The molecule has 0 bridgehead atoms. The molecule has 7 nitrogen and oxygen atoms in total. The molecule has 0 unspecified atom stereocenters. The van der Waals surface area contributed by atoms with E-state index in [1.807, 2.05) is 6.07 Å². The smallest absolute Gasteiger partial charge is 0.263 e. The third-order valence-corrected chi connectivity index (χ3v) is 4.23. The largest absolute Gasteiger partial charge is 0.485 e. The maximum Gasteiger partial charge on any atom is 0.263 e. The normalized spacial score (nSPS) is 16.0. The number of ether oxygens (including phenoxy) is 1. The maximum absolute atomic E-state index is 11.7. The highest BCUT2D eigenvalue weighted by atomic mass is 32.2. The minimum absolute atomic E-state index is 0.0399. The predicted octanol–water partition coefficient (Wildman–Crippen LogP) is 1.68. The Morgan fingerprint density at radius 2 is 2.39 bits per heavy atom. The average Bonchev–Trinajstić information content (AvgIpc) is 3.00. The summed E-state index contributed by atoms with van der Waals surface area (Å²) in [5.74, 6) is 0.352. The molecular weight excluding hydrogens is 338 g/mol. The third kappa shape index (κ3) is 3.51. The van der Waals surface area contributed by atoms with E-state index in [4.69, 9.17) is 17.0 Å². The molecule has 2 aromatic rings. The molecule has 23 heavy (non-hydrogen) atoms. The van der Waals surface area contributed by atoms with Crippen molar-refractivity contribution in [3.63, 3.8) is 0 Å². The van der Waals surface area contributed by atoms with Crippen molar-refractivity contribution in [2.45, 2.75) is 13.5 Å². The van der Waals surface area contributed by atoms with Gasteiger partial charge in [0.1, 0.15) is 10.1 Å². The lowest BCUT2D eigenvalue weighted by atomic mass is 10.2. The molecule has 118 valence electrons. The molecule has 0 radical (unpaired) electrons. The van der Waals surface area contributed by atoms with Crippen LogP contribution in [0.25, 0.3) is 6.08 Å². The second-order valence-corrected chi connectivity index (χ2v) is 6.39. The van der Waals surface area contributed by atoms with Crippen LogP contribution in [0.1, 0.15) is 17.0 Å². The van der Waals surface area contributed by atoms with E-state index >= 15 is 0 Å². The zero-order valence-corrected chi connectivity index (χ0v) is 13.6. The van der Waals surface area contributed by atoms with E-state index in [2.05, 4.69) is 15.1 Å². The van der Waals surface area contributed by atoms with Gasteiger partial charge in [0.2, 0.25) is 11.4 Å². The van der Waals surface area contributed by atoms with Gasteiger partial charge in [0, 0.05) is 12.1 Å². The summed E-state index contributed by atoms with van der Waals surface area (Å²) >= 11 is 6.16. The van der Waals surface area contributed by atoms with Crippen LogP contribution in [-0.4, -0.2) is 15.4 Å². The molecule has 0 spiro atoms. The maximum atomic E-state index is 11.7. The van der Waals surface area contributed by atoms with Crippen molar-refractivity contribution in [3.05, 3.63) is 51.3 Å². The van der Waals surface area contributed by atoms with Crippen molar-refractivity contribution < 1.29 is 19.1 Å². The van der Waals surface area contributed by atoms with Crippen LogP contribution in [0.2, 0.25) is 0 Å². The van der Waals surface area contributed by atoms with Gasteiger partial charge in [0.25, 0.3) is 5.91 Å². The topological polar surface area (TPSA) is 91.3 Å². The first kappa shape index (κ1) is 15.5. The summed E-state index contributed by atoms with van der Waals surface area (Å²) in [5, 5.41) is 17.5. The monoisotopic (exact) mass is 349 g/mol. The number of thioether (sulfide) groups is 1. The highest BCUT2D eigenvalue weighted by molar-refractivity contribution is 8.26. The summed E-state index contributed by atoms with van der Waals surface area (Å²) in [7, 11) is 0. The van der Waals surface area contributed by atoms with E-state index in [-0.39, 0.29) is 12.5 Å². The fourth-order valence-corrected chi connectivity index (χ4v) is 2.95. The van der Waals surface area contributed by atoms with Gasteiger partial charge in [-0.1, -0.05) is 36.1 Å². The molecule has 0 saturated carbocycles. The van der Waals surface area contributed by atoms with Gasteiger partial charge in [-0.25, -0.2) is 0 Å². The quantitative estimate of drug-likeness (QED) is 0.510. The summed E-state index contributed by atoms with van der Waals surface area (Å²) in [6.07, 6.45) is 1.73. The minimum Gasteiger partial charge on any atom is -0.485 e. The Bertz CT molecular complexity index is 797. The standard InChI is InChI=1S/C14H11N3O4S2/c1-8-11(17(19)21-16-8)7-20-10-4-2-3-9(5-10)6-12-13(18)15-14(22)23-12/h2-6H,7H2,1H3,(H,15,18,22)/b12-6+. The number of benzene rings is 1. The van der Waals surface area contributed by atoms with Crippen LogP contribution in [-0.2, 0) is 11.4 Å². The molecule has 1 aromatic carbocycles. The van der Waals surface area contributed by atoms with E-state index < -0.39 is 0 Å². The van der Waals surface area contributed by atoms with Crippen molar-refractivity contribution in [3.8, 4) is 5.75 Å². The summed E-state index contributed by atoms with van der Waals surface area (Å²) in [6.45, 7) is 1.70. The molecule has 1 amide bonds. The number of nitrogens with zero attached hydrogens (tertiary/aromatic N) is 2. The van der Waals surface area contributed by atoms with Gasteiger partial charge in [-0.3, -0.25) is 9.42 Å². The van der Waals surface area contributed by atoms with E-state index in [9.17, 15) is 10.0 Å². The average molecular weight is 349 g/mol. The number of carbonyl (C=O) groups excluding carboxylic acids is 1. The van der Waals surface area contributed by atoms with Crippen molar-refractivity contribution in [1.82, 2.24) is 10.5 Å². The molecule has 1 aliphatic heterocycles. The lowest BCUT2D eigenvalue weighted by molar-refractivity contribution is -0.808. The summed E-state index contributed by atoms with van der Waals surface area (Å²) in [6, 6.07) is 7.16. The van der Waals surface area contributed by atoms with E-state index in [1.54, 1.807) is 31.2 Å². The van der Waals surface area contributed by atoms with Gasteiger partial charge >= 0.3 is 0 Å². The summed E-state index contributed by atoms with van der Waals surface area (Å²) < 4.78 is 10.5. The number of rotatable bonds is 4. The van der Waals surface area contributed by atoms with Gasteiger partial charge in [-0.2, -0.15) is 0 Å². The zero-order chi connectivity index (χ0) is 16.4. The molecule has 9 heteroatoms. The van der Waals surface area contributed by atoms with Gasteiger partial charge in [0.05, 0.1) is 4.91 Å². The van der Waals surface area contributed by atoms with Crippen molar-refractivity contribution in [2.24, 2.45) is 0 Å². The van der Waals surface area contributed by atoms with Crippen LogP contribution < -0.4 is 15.0 Å². The van der Waals surface area contributed by atoms with Crippen LogP contribution in [0.4, 0.5) is 0 Å². The molecule has 1 fully saturated rings. The second kappa shape index (κ2) is 6.39.